The predicted molar refractivity (Wildman–Crippen MR) is 61.2 cm³/mol. The zero-order chi connectivity index (χ0) is 14.5. The third kappa shape index (κ3) is 2.95. The molecule has 19 heavy (non-hydrogen) atoms. The van der Waals surface area contributed by atoms with E-state index in [2.05, 4.69) is 4.18 Å². The monoisotopic (exact) mass is 386 g/mol. The maximum Gasteiger partial charge on any atom is 2.00 e. The second-order valence-electron chi connectivity index (χ2n) is 4.52. The quantitative estimate of drug-likeness (QED) is 0.416. The van der Waals surface area contributed by atoms with Gasteiger partial charge < -0.3 is 0 Å². The maximum absolute atomic E-state index is 12.4. The summed E-state index contributed by atoms with van der Waals surface area (Å²) in [5, 5.41) is 0. The van der Waals surface area contributed by atoms with Crippen LogP contribution in [0, 0.1) is 0 Å². The van der Waals surface area contributed by atoms with Crippen molar-refractivity contribution in [2.24, 2.45) is 0 Å². The Kier molecular flexibility index (Phi) is 5.24. The molecule has 1 aliphatic carbocycles. The third-order valence-corrected chi connectivity index (χ3v) is 4.80. The van der Waals surface area contributed by atoms with Gasteiger partial charge in [-0.05, 0) is 56.9 Å². The van der Waals surface area contributed by atoms with Crippen LogP contribution in [-0.2, 0) is 33.8 Å². The minimum Gasteiger partial charge on any atom is -0.248 e. The average molecular weight is 385 g/mol. The van der Waals surface area contributed by atoms with Crippen molar-refractivity contribution in [2.45, 2.75) is 45.7 Å². The van der Waals surface area contributed by atoms with Crippen LogP contribution >= 0.6 is 0 Å². The van der Waals surface area contributed by atoms with Gasteiger partial charge in [-0.1, -0.05) is 0 Å². The van der Waals surface area contributed by atoms with Crippen LogP contribution in [0.4, 0.5) is 13.2 Å². The minimum atomic E-state index is -5.62. The number of hydrogen-bond acceptors (Lipinski definition) is 3. The number of rotatable bonds is 2. The van der Waals surface area contributed by atoms with E-state index in [-0.39, 0.29) is 19.5 Å². The number of hydrogen-bond donors (Lipinski definition) is 0. The standard InChI is InChI=1S/C11H15F3O3S.Ru/c1-6-7(2)9(4)10(5,8(6)3)17-18(15,16)11(12,13)14;/h1-5H3;/q;+2. The first-order valence-electron chi connectivity index (χ1n) is 5.23. The van der Waals surface area contributed by atoms with Gasteiger partial charge in [-0.3, -0.25) is 0 Å². The van der Waals surface area contributed by atoms with Crippen LogP contribution < -0.4 is 0 Å². The van der Waals surface area contributed by atoms with Crippen LogP contribution in [0.2, 0.25) is 0 Å². The van der Waals surface area contributed by atoms with E-state index in [4.69, 9.17) is 0 Å². The molecular weight excluding hydrogens is 370 g/mol. The van der Waals surface area contributed by atoms with E-state index < -0.39 is 21.2 Å². The van der Waals surface area contributed by atoms with Crippen LogP contribution in [0.25, 0.3) is 0 Å². The number of allylic oxidation sites excluding steroid dienone is 2. The minimum absolute atomic E-state index is 0. The second-order valence-corrected chi connectivity index (χ2v) is 6.05. The molecule has 0 aliphatic heterocycles. The Labute approximate surface area is 123 Å². The maximum atomic E-state index is 12.4. The molecular formula is C11H15F3O3RuS+2. The summed E-state index contributed by atoms with van der Waals surface area (Å²) in [5.41, 5.74) is -4.50. The zero-order valence-corrected chi connectivity index (χ0v) is 13.7. The van der Waals surface area contributed by atoms with Crippen LogP contribution in [-0.4, -0.2) is 19.5 Å². The van der Waals surface area contributed by atoms with Crippen molar-refractivity contribution >= 4 is 10.1 Å². The Balaban J connectivity index is 0.00000324. The van der Waals surface area contributed by atoms with Gasteiger partial charge in [0.15, 0.2) is 0 Å². The third-order valence-electron chi connectivity index (χ3n) is 3.68. The van der Waals surface area contributed by atoms with E-state index in [9.17, 15) is 21.6 Å². The molecule has 8 heteroatoms. The first-order chi connectivity index (χ1) is 7.84. The van der Waals surface area contributed by atoms with E-state index in [0.29, 0.717) is 11.1 Å². The first-order valence-corrected chi connectivity index (χ1v) is 6.63. The molecule has 0 unspecified atom stereocenters. The van der Waals surface area contributed by atoms with E-state index >= 15 is 0 Å². The molecule has 0 bridgehead atoms. The molecule has 0 heterocycles. The molecule has 0 saturated heterocycles. The van der Waals surface area contributed by atoms with Crippen LogP contribution in [0.3, 0.4) is 0 Å². The summed E-state index contributed by atoms with van der Waals surface area (Å²) in [5.74, 6) is 0. The number of halogens is 3. The van der Waals surface area contributed by atoms with Gasteiger partial charge in [0.1, 0.15) is 5.60 Å². The molecule has 0 saturated carbocycles. The number of alkyl halides is 3. The van der Waals surface area contributed by atoms with Crippen LogP contribution in [0.5, 0.6) is 0 Å². The van der Waals surface area contributed by atoms with Crippen LogP contribution in [0.1, 0.15) is 34.6 Å². The predicted octanol–water partition coefficient (Wildman–Crippen LogP) is 3.30. The fourth-order valence-corrected chi connectivity index (χ4v) is 2.73. The fraction of sp³-hybridized carbons (Fsp3) is 0.636. The summed E-state index contributed by atoms with van der Waals surface area (Å²) in [6.07, 6.45) is 0. The Hall–Kier alpha value is -0.197. The molecule has 0 aromatic rings. The molecule has 0 fully saturated rings. The summed E-state index contributed by atoms with van der Waals surface area (Å²) >= 11 is 0. The molecule has 0 spiro atoms. The van der Waals surface area contributed by atoms with Crippen molar-refractivity contribution in [2.75, 3.05) is 0 Å². The van der Waals surface area contributed by atoms with Gasteiger partial charge in [0.25, 0.3) is 0 Å². The molecule has 0 N–H and O–H groups in total. The van der Waals surface area contributed by atoms with Crippen molar-refractivity contribution < 1.29 is 45.3 Å². The molecule has 0 radical (unpaired) electrons. The van der Waals surface area contributed by atoms with Crippen molar-refractivity contribution in [3.05, 3.63) is 22.3 Å². The van der Waals surface area contributed by atoms with Crippen LogP contribution in [0.15, 0.2) is 22.3 Å². The normalized spacial score (nSPS) is 19.8. The molecule has 1 aliphatic rings. The smallest absolute Gasteiger partial charge is 0.248 e. The van der Waals surface area contributed by atoms with Gasteiger partial charge in [0.2, 0.25) is 0 Å². The molecule has 0 amide bonds. The van der Waals surface area contributed by atoms with E-state index in [1.54, 1.807) is 27.7 Å². The molecule has 3 nitrogen and oxygen atoms in total. The average Bonchev–Trinajstić information content (AvgIpc) is 2.33. The Morgan fingerprint density at radius 1 is 1.00 bits per heavy atom. The second kappa shape index (κ2) is 5.30. The summed E-state index contributed by atoms with van der Waals surface area (Å²) in [7, 11) is -5.62. The first kappa shape index (κ1) is 18.8. The van der Waals surface area contributed by atoms with Crippen molar-refractivity contribution in [3.8, 4) is 0 Å². The molecule has 0 atom stereocenters. The van der Waals surface area contributed by atoms with Gasteiger partial charge in [0, 0.05) is 0 Å². The summed E-state index contributed by atoms with van der Waals surface area (Å²) in [4.78, 5) is 0. The van der Waals surface area contributed by atoms with E-state index in [0.717, 1.165) is 11.1 Å². The Morgan fingerprint density at radius 3 is 1.58 bits per heavy atom. The Bertz CT molecular complexity index is 520. The van der Waals surface area contributed by atoms with Gasteiger partial charge >= 0.3 is 35.1 Å². The van der Waals surface area contributed by atoms with E-state index in [1.807, 2.05) is 0 Å². The Morgan fingerprint density at radius 2 is 1.32 bits per heavy atom. The largest absolute Gasteiger partial charge is 2.00 e. The molecule has 0 aromatic heterocycles. The van der Waals surface area contributed by atoms with Crippen molar-refractivity contribution in [3.63, 3.8) is 0 Å². The fourth-order valence-electron chi connectivity index (χ4n) is 1.95. The van der Waals surface area contributed by atoms with Crippen molar-refractivity contribution in [1.82, 2.24) is 0 Å². The molecule has 1 rings (SSSR count). The molecule has 110 valence electrons. The van der Waals surface area contributed by atoms with Gasteiger partial charge in [0.05, 0.1) is 0 Å². The van der Waals surface area contributed by atoms with E-state index in [1.165, 1.54) is 6.92 Å². The molecule has 0 aromatic carbocycles. The SMILES string of the molecule is CC1=C(C)C(C)(OS(=O)(=O)C(F)(F)F)C(C)=C1C.[Ru+2]. The van der Waals surface area contributed by atoms with Gasteiger partial charge in [-0.15, -0.1) is 0 Å². The topological polar surface area (TPSA) is 43.4 Å². The van der Waals surface area contributed by atoms with Gasteiger partial charge in [-0.2, -0.15) is 21.6 Å². The van der Waals surface area contributed by atoms with Gasteiger partial charge in [-0.25, -0.2) is 4.18 Å². The summed E-state index contributed by atoms with van der Waals surface area (Å²) in [6, 6.07) is 0. The summed E-state index contributed by atoms with van der Waals surface area (Å²) < 4.78 is 63.8. The zero-order valence-electron chi connectivity index (χ0n) is 11.1. The van der Waals surface area contributed by atoms with Crippen molar-refractivity contribution in [1.29, 1.82) is 0 Å². The summed E-state index contributed by atoms with van der Waals surface area (Å²) in [6.45, 7) is 7.93.